The zero-order valence-corrected chi connectivity index (χ0v) is 17.2. The molecule has 0 aliphatic rings. The molecule has 0 saturated carbocycles. The summed E-state index contributed by atoms with van der Waals surface area (Å²) in [7, 11) is 0. The lowest BCUT2D eigenvalue weighted by atomic mass is 10.0. The van der Waals surface area contributed by atoms with Gasteiger partial charge in [0, 0.05) is 6.61 Å². The number of carbonyl (C=O) groups is 1. The summed E-state index contributed by atoms with van der Waals surface area (Å²) in [5, 5.41) is 25.9. The fraction of sp³-hybridized carbons (Fsp3) is 0.696. The van der Waals surface area contributed by atoms with Gasteiger partial charge in [-0.2, -0.15) is 0 Å². The van der Waals surface area contributed by atoms with E-state index in [0.717, 1.165) is 6.42 Å². The Morgan fingerprint density at radius 3 is 1.48 bits per heavy atom. The average Bonchev–Trinajstić information content (AvgIpc) is 2.66. The van der Waals surface area contributed by atoms with Gasteiger partial charge in [-0.1, -0.05) is 103 Å². The molecule has 4 heteroatoms. The predicted octanol–water partition coefficient (Wildman–Crippen LogP) is 6.55. The van der Waals surface area contributed by atoms with E-state index in [9.17, 15) is 4.79 Å². The van der Waals surface area contributed by atoms with Crippen LogP contribution in [0.15, 0.2) is 24.3 Å². The van der Waals surface area contributed by atoms with Gasteiger partial charge < -0.3 is 15.3 Å². The fourth-order valence-electron chi connectivity index (χ4n) is 2.96. The van der Waals surface area contributed by atoms with Crippen LogP contribution < -0.4 is 0 Å². The quantitative estimate of drug-likeness (QED) is 0.301. The molecule has 0 spiro atoms. The second kappa shape index (κ2) is 19.2. The lowest BCUT2D eigenvalue weighted by Gasteiger charge is -2.02. The van der Waals surface area contributed by atoms with Crippen LogP contribution in [0.25, 0.3) is 0 Å². The standard InChI is InChI=1S/C16H34O.C7H6O3/c1-2-3-4-5-6-7-8-9-10-11-12-13-14-15-16-17;8-6-4-2-1-3-5(6)7(9)10/h17H,2-16H2,1H3;1-4,8H,(H,9,10). The van der Waals surface area contributed by atoms with E-state index >= 15 is 0 Å². The molecule has 0 aliphatic carbocycles. The number of para-hydroxylation sites is 1. The van der Waals surface area contributed by atoms with Crippen molar-refractivity contribution in [3.05, 3.63) is 29.8 Å². The van der Waals surface area contributed by atoms with Crippen molar-refractivity contribution in [2.45, 2.75) is 96.8 Å². The fourth-order valence-corrected chi connectivity index (χ4v) is 2.96. The monoisotopic (exact) mass is 380 g/mol. The minimum atomic E-state index is -1.11. The predicted molar refractivity (Wildman–Crippen MR) is 112 cm³/mol. The Kier molecular flexibility index (Phi) is 18.1. The summed E-state index contributed by atoms with van der Waals surface area (Å²) in [6, 6.07) is 5.81. The molecule has 0 radical (unpaired) electrons. The van der Waals surface area contributed by atoms with E-state index in [-0.39, 0.29) is 11.3 Å². The molecular formula is C23H40O4. The van der Waals surface area contributed by atoms with Gasteiger partial charge in [0.15, 0.2) is 0 Å². The van der Waals surface area contributed by atoms with Gasteiger partial charge in [-0.25, -0.2) is 4.79 Å². The minimum Gasteiger partial charge on any atom is -0.507 e. The molecule has 1 rings (SSSR count). The van der Waals surface area contributed by atoms with Crippen LogP contribution in [0.2, 0.25) is 0 Å². The maximum Gasteiger partial charge on any atom is 0.339 e. The summed E-state index contributed by atoms with van der Waals surface area (Å²) in [6.07, 6.45) is 19.2. The number of carboxylic acids is 1. The smallest absolute Gasteiger partial charge is 0.339 e. The van der Waals surface area contributed by atoms with E-state index in [4.69, 9.17) is 15.3 Å². The molecule has 27 heavy (non-hydrogen) atoms. The normalized spacial score (nSPS) is 10.3. The van der Waals surface area contributed by atoms with Crippen molar-refractivity contribution in [3.63, 3.8) is 0 Å². The molecule has 156 valence electrons. The number of unbranched alkanes of at least 4 members (excludes halogenated alkanes) is 13. The number of aromatic carboxylic acids is 1. The Morgan fingerprint density at radius 1 is 0.741 bits per heavy atom. The Labute approximate surface area is 165 Å². The third-order valence-corrected chi connectivity index (χ3v) is 4.65. The molecule has 0 bridgehead atoms. The van der Waals surface area contributed by atoms with E-state index in [0.29, 0.717) is 6.61 Å². The number of hydrogen-bond donors (Lipinski definition) is 3. The summed E-state index contributed by atoms with van der Waals surface area (Å²) in [4.78, 5) is 10.3. The van der Waals surface area contributed by atoms with Gasteiger partial charge in [0.2, 0.25) is 0 Å². The van der Waals surface area contributed by atoms with Gasteiger partial charge in [0.05, 0.1) is 0 Å². The van der Waals surface area contributed by atoms with Crippen LogP contribution in [0.1, 0.15) is 107 Å². The number of phenols is 1. The van der Waals surface area contributed by atoms with E-state index in [1.165, 1.54) is 95.6 Å². The first-order chi connectivity index (χ1) is 13.1. The zero-order chi connectivity index (χ0) is 20.2. The molecule has 1 aromatic carbocycles. The molecule has 1 aromatic rings. The van der Waals surface area contributed by atoms with Crippen molar-refractivity contribution in [3.8, 4) is 5.75 Å². The van der Waals surface area contributed by atoms with Crippen LogP contribution in [0.3, 0.4) is 0 Å². The highest BCUT2D eigenvalue weighted by Crippen LogP contribution is 2.14. The number of rotatable bonds is 15. The van der Waals surface area contributed by atoms with E-state index in [1.807, 2.05) is 0 Å². The maximum atomic E-state index is 10.3. The Balaban J connectivity index is 0.000000569. The molecule has 0 fully saturated rings. The topological polar surface area (TPSA) is 77.8 Å². The summed E-state index contributed by atoms with van der Waals surface area (Å²) < 4.78 is 0. The Morgan fingerprint density at radius 2 is 1.15 bits per heavy atom. The maximum absolute atomic E-state index is 10.3. The molecule has 0 aromatic heterocycles. The van der Waals surface area contributed by atoms with Crippen molar-refractivity contribution in [2.24, 2.45) is 0 Å². The first kappa shape index (κ1) is 25.4. The van der Waals surface area contributed by atoms with Crippen molar-refractivity contribution < 1.29 is 20.1 Å². The molecule has 0 saturated heterocycles. The van der Waals surface area contributed by atoms with Crippen LogP contribution in [0.4, 0.5) is 0 Å². The number of carboxylic acid groups (broad SMARTS) is 1. The number of aliphatic hydroxyl groups excluding tert-OH is 1. The van der Waals surface area contributed by atoms with Gasteiger partial charge in [-0.3, -0.25) is 0 Å². The molecule has 0 heterocycles. The number of benzene rings is 1. The lowest BCUT2D eigenvalue weighted by Crippen LogP contribution is -1.95. The molecule has 0 unspecified atom stereocenters. The molecule has 0 atom stereocenters. The van der Waals surface area contributed by atoms with Crippen molar-refractivity contribution in [1.82, 2.24) is 0 Å². The first-order valence-corrected chi connectivity index (χ1v) is 10.8. The molecule has 3 N–H and O–H groups in total. The summed E-state index contributed by atoms with van der Waals surface area (Å²) in [5.74, 6) is -1.31. The van der Waals surface area contributed by atoms with E-state index in [1.54, 1.807) is 12.1 Å². The molecule has 0 amide bonds. The third kappa shape index (κ3) is 16.4. The van der Waals surface area contributed by atoms with Gasteiger partial charge in [0.25, 0.3) is 0 Å². The van der Waals surface area contributed by atoms with Crippen LogP contribution in [0.5, 0.6) is 5.75 Å². The van der Waals surface area contributed by atoms with Crippen LogP contribution >= 0.6 is 0 Å². The lowest BCUT2D eigenvalue weighted by molar-refractivity contribution is 0.0693. The van der Waals surface area contributed by atoms with Gasteiger partial charge in [0.1, 0.15) is 11.3 Å². The second-order valence-electron chi connectivity index (χ2n) is 7.14. The first-order valence-electron chi connectivity index (χ1n) is 10.8. The molecular weight excluding hydrogens is 340 g/mol. The van der Waals surface area contributed by atoms with E-state index < -0.39 is 5.97 Å². The van der Waals surface area contributed by atoms with Crippen LogP contribution in [-0.2, 0) is 0 Å². The molecule has 4 nitrogen and oxygen atoms in total. The number of aromatic hydroxyl groups is 1. The summed E-state index contributed by atoms with van der Waals surface area (Å²) >= 11 is 0. The van der Waals surface area contributed by atoms with E-state index in [2.05, 4.69) is 6.92 Å². The average molecular weight is 381 g/mol. The number of hydrogen-bond acceptors (Lipinski definition) is 3. The van der Waals surface area contributed by atoms with Gasteiger partial charge in [-0.15, -0.1) is 0 Å². The SMILES string of the molecule is CCCCCCCCCCCCCCCCO.O=C(O)c1ccccc1O. The highest BCUT2D eigenvalue weighted by Gasteiger charge is 2.05. The van der Waals surface area contributed by atoms with Crippen molar-refractivity contribution in [2.75, 3.05) is 6.61 Å². The zero-order valence-electron chi connectivity index (χ0n) is 17.2. The number of aliphatic hydroxyl groups is 1. The third-order valence-electron chi connectivity index (χ3n) is 4.65. The second-order valence-corrected chi connectivity index (χ2v) is 7.14. The summed E-state index contributed by atoms with van der Waals surface area (Å²) in [5.41, 5.74) is -0.0671. The van der Waals surface area contributed by atoms with Crippen molar-refractivity contribution >= 4 is 5.97 Å². The highest BCUT2D eigenvalue weighted by atomic mass is 16.4. The van der Waals surface area contributed by atoms with Gasteiger partial charge in [-0.05, 0) is 18.6 Å². The largest absolute Gasteiger partial charge is 0.507 e. The minimum absolute atomic E-state index is 0.0671. The van der Waals surface area contributed by atoms with Gasteiger partial charge >= 0.3 is 5.97 Å². The van der Waals surface area contributed by atoms with Crippen molar-refractivity contribution in [1.29, 1.82) is 0 Å². The molecule has 0 aliphatic heterocycles. The summed E-state index contributed by atoms with van der Waals surface area (Å²) in [6.45, 7) is 2.65. The Bertz CT molecular complexity index is 445. The Hall–Kier alpha value is -1.55. The van der Waals surface area contributed by atoms with Crippen LogP contribution in [-0.4, -0.2) is 27.9 Å². The van der Waals surface area contributed by atoms with Crippen LogP contribution in [0, 0.1) is 0 Å². The highest BCUT2D eigenvalue weighted by molar-refractivity contribution is 5.90.